The van der Waals surface area contributed by atoms with E-state index in [9.17, 15) is 0 Å². The minimum atomic E-state index is 1.00. The van der Waals surface area contributed by atoms with Crippen LogP contribution in [0.1, 0.15) is 24.5 Å². The summed E-state index contributed by atoms with van der Waals surface area (Å²) in [6.07, 6.45) is 1.20. The first-order valence-corrected chi connectivity index (χ1v) is 4.60. The highest BCUT2D eigenvalue weighted by atomic mass is 14.8. The third-order valence-corrected chi connectivity index (χ3v) is 2.00. The Morgan fingerprint density at radius 3 is 2.67 bits per heavy atom. The Kier molecular flexibility index (Phi) is 3.81. The first kappa shape index (κ1) is 9.27. The van der Waals surface area contributed by atoms with Crippen LogP contribution >= 0.6 is 0 Å². The smallest absolute Gasteiger partial charge is 0.0208 e. The third-order valence-electron chi connectivity index (χ3n) is 2.00. The fourth-order valence-electron chi connectivity index (χ4n) is 1.21. The van der Waals surface area contributed by atoms with E-state index in [1.807, 2.05) is 0 Å². The molecule has 0 atom stereocenters. The highest BCUT2D eigenvalue weighted by Crippen LogP contribution is 2.05. The predicted octanol–water partition coefficient (Wildman–Crippen LogP) is 2.49. The molecule has 0 aliphatic carbocycles. The summed E-state index contributed by atoms with van der Waals surface area (Å²) in [5.74, 6) is 0. The van der Waals surface area contributed by atoms with E-state index >= 15 is 0 Å². The monoisotopic (exact) mass is 163 g/mol. The number of benzene rings is 1. The second kappa shape index (κ2) is 4.94. The number of rotatable bonds is 4. The van der Waals surface area contributed by atoms with Crippen molar-refractivity contribution in [1.82, 2.24) is 5.32 Å². The van der Waals surface area contributed by atoms with Crippen molar-refractivity contribution < 1.29 is 0 Å². The highest BCUT2D eigenvalue weighted by Gasteiger charge is 1.94. The molecule has 66 valence electrons. The lowest BCUT2D eigenvalue weighted by Gasteiger charge is -2.05. The Bertz CT molecular complexity index is 230. The molecule has 0 aliphatic rings. The highest BCUT2D eigenvalue weighted by molar-refractivity contribution is 5.25. The van der Waals surface area contributed by atoms with Crippen molar-refractivity contribution >= 4 is 0 Å². The van der Waals surface area contributed by atoms with Crippen molar-refractivity contribution in [3.63, 3.8) is 0 Å². The molecule has 0 spiro atoms. The topological polar surface area (TPSA) is 12.0 Å². The van der Waals surface area contributed by atoms with Crippen LogP contribution in [-0.2, 0) is 6.54 Å². The Balaban J connectivity index is 2.46. The maximum Gasteiger partial charge on any atom is 0.0208 e. The van der Waals surface area contributed by atoms with Crippen LogP contribution in [0.25, 0.3) is 0 Å². The molecule has 1 N–H and O–H groups in total. The van der Waals surface area contributed by atoms with Gasteiger partial charge in [-0.05, 0) is 31.0 Å². The van der Waals surface area contributed by atoms with Gasteiger partial charge in [-0.25, -0.2) is 0 Å². The zero-order valence-corrected chi connectivity index (χ0v) is 7.93. The number of aryl methyl sites for hydroxylation is 1. The third kappa shape index (κ3) is 2.67. The SMILES string of the molecule is CCCNCc1ccccc1C. The lowest BCUT2D eigenvalue weighted by Crippen LogP contribution is -2.14. The summed E-state index contributed by atoms with van der Waals surface area (Å²) in [5, 5.41) is 3.39. The van der Waals surface area contributed by atoms with Gasteiger partial charge in [0.25, 0.3) is 0 Å². The normalized spacial score (nSPS) is 10.2. The molecule has 1 nitrogen and oxygen atoms in total. The van der Waals surface area contributed by atoms with Crippen molar-refractivity contribution in [2.24, 2.45) is 0 Å². The van der Waals surface area contributed by atoms with Crippen molar-refractivity contribution in [2.45, 2.75) is 26.8 Å². The van der Waals surface area contributed by atoms with E-state index in [1.54, 1.807) is 0 Å². The van der Waals surface area contributed by atoms with E-state index in [0.717, 1.165) is 13.1 Å². The zero-order chi connectivity index (χ0) is 8.81. The minimum Gasteiger partial charge on any atom is -0.313 e. The van der Waals surface area contributed by atoms with Crippen LogP contribution in [0.2, 0.25) is 0 Å². The van der Waals surface area contributed by atoms with Gasteiger partial charge in [-0.15, -0.1) is 0 Å². The molecule has 0 unspecified atom stereocenters. The zero-order valence-electron chi connectivity index (χ0n) is 7.93. The summed E-state index contributed by atoms with van der Waals surface area (Å²) >= 11 is 0. The van der Waals surface area contributed by atoms with Crippen molar-refractivity contribution in [1.29, 1.82) is 0 Å². The molecule has 0 heterocycles. The van der Waals surface area contributed by atoms with E-state index in [-0.39, 0.29) is 0 Å². The van der Waals surface area contributed by atoms with Crippen molar-refractivity contribution in [2.75, 3.05) is 6.54 Å². The molecule has 0 radical (unpaired) electrons. The molecule has 0 saturated carbocycles. The summed E-state index contributed by atoms with van der Waals surface area (Å²) in [6.45, 7) is 6.45. The Morgan fingerprint density at radius 2 is 2.00 bits per heavy atom. The number of nitrogens with one attached hydrogen (secondary N) is 1. The maximum absolute atomic E-state index is 3.39. The van der Waals surface area contributed by atoms with Crippen LogP contribution in [0.4, 0.5) is 0 Å². The molecular weight excluding hydrogens is 146 g/mol. The summed E-state index contributed by atoms with van der Waals surface area (Å²) in [6, 6.07) is 8.51. The van der Waals surface area contributed by atoms with Crippen LogP contribution in [0.5, 0.6) is 0 Å². The average Bonchev–Trinajstić information content (AvgIpc) is 2.09. The Labute approximate surface area is 74.8 Å². The fourth-order valence-corrected chi connectivity index (χ4v) is 1.21. The fraction of sp³-hybridized carbons (Fsp3) is 0.455. The molecule has 0 aromatic heterocycles. The minimum absolute atomic E-state index is 1.00. The molecule has 1 heteroatoms. The molecular formula is C11H17N. The maximum atomic E-state index is 3.39. The standard InChI is InChI=1S/C11H17N/c1-3-8-12-9-11-7-5-4-6-10(11)2/h4-7,12H,3,8-9H2,1-2H3. The van der Waals surface area contributed by atoms with Gasteiger partial charge in [0.05, 0.1) is 0 Å². The van der Waals surface area contributed by atoms with Crippen LogP contribution in [0.15, 0.2) is 24.3 Å². The first-order chi connectivity index (χ1) is 5.84. The van der Waals surface area contributed by atoms with Gasteiger partial charge in [0, 0.05) is 6.54 Å². The van der Waals surface area contributed by atoms with E-state index in [1.165, 1.54) is 17.5 Å². The Hall–Kier alpha value is -0.820. The molecule has 0 aliphatic heterocycles. The Morgan fingerprint density at radius 1 is 1.25 bits per heavy atom. The molecule has 0 fully saturated rings. The van der Waals surface area contributed by atoms with Gasteiger partial charge >= 0.3 is 0 Å². The van der Waals surface area contributed by atoms with Crippen LogP contribution in [-0.4, -0.2) is 6.54 Å². The lowest BCUT2D eigenvalue weighted by molar-refractivity contribution is 0.673. The average molecular weight is 163 g/mol. The molecule has 1 rings (SSSR count). The van der Waals surface area contributed by atoms with Crippen LogP contribution in [0, 0.1) is 6.92 Å². The second-order valence-corrected chi connectivity index (χ2v) is 3.10. The second-order valence-electron chi connectivity index (χ2n) is 3.10. The molecule has 1 aromatic carbocycles. The van der Waals surface area contributed by atoms with Gasteiger partial charge in [-0.3, -0.25) is 0 Å². The van der Waals surface area contributed by atoms with Gasteiger partial charge < -0.3 is 5.32 Å². The summed E-state index contributed by atoms with van der Waals surface area (Å²) in [4.78, 5) is 0. The predicted molar refractivity (Wildman–Crippen MR) is 53.2 cm³/mol. The number of hydrogen-bond acceptors (Lipinski definition) is 1. The van der Waals surface area contributed by atoms with Crippen molar-refractivity contribution in [3.8, 4) is 0 Å². The lowest BCUT2D eigenvalue weighted by atomic mass is 10.1. The first-order valence-electron chi connectivity index (χ1n) is 4.60. The molecule has 0 bridgehead atoms. The van der Waals surface area contributed by atoms with E-state index in [4.69, 9.17) is 0 Å². The van der Waals surface area contributed by atoms with Crippen LogP contribution in [0.3, 0.4) is 0 Å². The molecule has 1 aromatic rings. The van der Waals surface area contributed by atoms with Gasteiger partial charge in [-0.1, -0.05) is 31.2 Å². The van der Waals surface area contributed by atoms with E-state index in [0.29, 0.717) is 0 Å². The molecule has 12 heavy (non-hydrogen) atoms. The summed E-state index contributed by atoms with van der Waals surface area (Å²) < 4.78 is 0. The largest absolute Gasteiger partial charge is 0.313 e. The van der Waals surface area contributed by atoms with E-state index < -0.39 is 0 Å². The van der Waals surface area contributed by atoms with E-state index in [2.05, 4.69) is 43.4 Å². The van der Waals surface area contributed by atoms with Gasteiger partial charge in [0.1, 0.15) is 0 Å². The molecule has 0 saturated heterocycles. The van der Waals surface area contributed by atoms with Gasteiger partial charge in [0.2, 0.25) is 0 Å². The van der Waals surface area contributed by atoms with Crippen LogP contribution < -0.4 is 5.32 Å². The van der Waals surface area contributed by atoms with Gasteiger partial charge in [0.15, 0.2) is 0 Å². The quantitative estimate of drug-likeness (QED) is 0.672. The summed E-state index contributed by atoms with van der Waals surface area (Å²) in [5.41, 5.74) is 2.78. The van der Waals surface area contributed by atoms with Crippen molar-refractivity contribution in [3.05, 3.63) is 35.4 Å². The van der Waals surface area contributed by atoms with Gasteiger partial charge in [-0.2, -0.15) is 0 Å². The molecule has 0 amide bonds. The summed E-state index contributed by atoms with van der Waals surface area (Å²) in [7, 11) is 0. The number of hydrogen-bond donors (Lipinski definition) is 1.